The largest absolute Gasteiger partial charge is 0.419 e. The maximum absolute atomic E-state index is 12.7. The molecule has 0 bridgehead atoms. The van der Waals surface area contributed by atoms with Gasteiger partial charge in [-0.3, -0.25) is 14.3 Å². The van der Waals surface area contributed by atoms with Crippen molar-refractivity contribution in [2.75, 3.05) is 44.3 Å². The van der Waals surface area contributed by atoms with Crippen molar-refractivity contribution in [3.63, 3.8) is 0 Å². The van der Waals surface area contributed by atoms with Gasteiger partial charge in [0.2, 0.25) is 11.9 Å². The lowest BCUT2D eigenvalue weighted by atomic mass is 10.2. The van der Waals surface area contributed by atoms with Crippen LogP contribution in [0.4, 0.5) is 19.1 Å². The summed E-state index contributed by atoms with van der Waals surface area (Å²) in [5.41, 5.74) is 0.0742. The van der Waals surface area contributed by atoms with Gasteiger partial charge >= 0.3 is 6.18 Å². The Morgan fingerprint density at radius 2 is 1.86 bits per heavy atom. The number of aryl methyl sites for hydroxylation is 1. The predicted molar refractivity (Wildman–Crippen MR) is 119 cm³/mol. The number of amides is 1. The smallest absolute Gasteiger partial charge is 0.372 e. The fourth-order valence-corrected chi connectivity index (χ4v) is 3.93. The van der Waals surface area contributed by atoms with Gasteiger partial charge in [0.1, 0.15) is 6.61 Å². The minimum atomic E-state index is -4.48. The molecule has 1 fully saturated rings. The summed E-state index contributed by atoms with van der Waals surface area (Å²) in [5, 5.41) is 11.2. The number of anilines is 1. The first-order chi connectivity index (χ1) is 16.6. The Hall–Kier alpha value is -3.55. The van der Waals surface area contributed by atoms with Gasteiger partial charge in [0.15, 0.2) is 0 Å². The number of carbonyl (C=O) groups is 1. The molecule has 1 N–H and O–H groups in total. The van der Waals surface area contributed by atoms with E-state index in [0.717, 1.165) is 12.4 Å². The van der Waals surface area contributed by atoms with Crippen LogP contribution >= 0.6 is 0 Å². The van der Waals surface area contributed by atoms with Crippen molar-refractivity contribution >= 4 is 22.8 Å². The zero-order chi connectivity index (χ0) is 25.2. The summed E-state index contributed by atoms with van der Waals surface area (Å²) >= 11 is 0. The van der Waals surface area contributed by atoms with Gasteiger partial charge in [0.05, 0.1) is 34.4 Å². The third-order valence-corrected chi connectivity index (χ3v) is 5.91. The lowest BCUT2D eigenvalue weighted by molar-refractivity contribution is -0.138. The van der Waals surface area contributed by atoms with E-state index in [1.54, 1.807) is 27.6 Å². The van der Waals surface area contributed by atoms with Crippen molar-refractivity contribution in [2.24, 2.45) is 0 Å². The predicted octanol–water partition coefficient (Wildman–Crippen LogP) is 1.55. The molecule has 1 atom stereocenters. The average molecular weight is 494 g/mol. The molecule has 0 saturated carbocycles. The van der Waals surface area contributed by atoms with Crippen LogP contribution in [0.3, 0.4) is 0 Å². The molecule has 14 heteroatoms. The number of aromatic nitrogens is 6. The fraction of sp³-hybridized carbons (Fsp3) is 0.524. The first-order valence-electron chi connectivity index (χ1n) is 11.1. The number of ether oxygens (including phenoxy) is 1. The fourth-order valence-electron chi connectivity index (χ4n) is 3.93. The maximum Gasteiger partial charge on any atom is 0.419 e. The molecule has 11 nitrogen and oxygen atoms in total. The van der Waals surface area contributed by atoms with Crippen LogP contribution in [0.2, 0.25) is 0 Å². The molecule has 4 rings (SSSR count). The highest BCUT2D eigenvalue weighted by Crippen LogP contribution is 2.28. The number of rotatable bonds is 7. The summed E-state index contributed by atoms with van der Waals surface area (Å²) < 4.78 is 45.3. The monoisotopic (exact) mass is 494 g/mol. The molecule has 4 heterocycles. The molecule has 3 aromatic heterocycles. The molecule has 0 radical (unpaired) electrons. The van der Waals surface area contributed by atoms with E-state index >= 15 is 0 Å². The summed E-state index contributed by atoms with van der Waals surface area (Å²) in [4.78, 5) is 35.5. The Labute approximate surface area is 197 Å². The van der Waals surface area contributed by atoms with Crippen LogP contribution in [0.15, 0.2) is 23.4 Å². The van der Waals surface area contributed by atoms with Crippen molar-refractivity contribution in [3.05, 3.63) is 40.2 Å². The quantitative estimate of drug-likeness (QED) is 0.491. The van der Waals surface area contributed by atoms with Crippen LogP contribution in [0, 0.1) is 6.92 Å². The van der Waals surface area contributed by atoms with Crippen LogP contribution < -0.4 is 10.5 Å². The Kier molecular flexibility index (Phi) is 7.00. The van der Waals surface area contributed by atoms with Crippen LogP contribution in [-0.2, 0) is 15.7 Å². The van der Waals surface area contributed by atoms with Crippen LogP contribution in [0.1, 0.15) is 30.6 Å². The van der Waals surface area contributed by atoms with Gasteiger partial charge in [-0.2, -0.15) is 23.4 Å². The Morgan fingerprint density at radius 3 is 2.51 bits per heavy atom. The minimum absolute atomic E-state index is 0.0721. The average Bonchev–Trinajstić information content (AvgIpc) is 3.19. The Bertz CT molecular complexity index is 1230. The number of hydrogen-bond acceptors (Lipinski definition) is 8. The first kappa shape index (κ1) is 24.6. The molecule has 0 aromatic carbocycles. The van der Waals surface area contributed by atoms with Crippen molar-refractivity contribution in [1.29, 1.82) is 0 Å². The van der Waals surface area contributed by atoms with Gasteiger partial charge in [-0.05, 0) is 20.3 Å². The normalized spacial score (nSPS) is 15.6. The molecule has 188 valence electrons. The van der Waals surface area contributed by atoms with E-state index in [2.05, 4.69) is 25.3 Å². The van der Waals surface area contributed by atoms with Crippen molar-refractivity contribution in [2.45, 2.75) is 32.5 Å². The highest BCUT2D eigenvalue weighted by molar-refractivity contribution is 5.79. The Balaban J connectivity index is 1.22. The molecule has 0 aliphatic carbocycles. The number of nitrogens with one attached hydrogen (secondary N) is 1. The number of alkyl halides is 3. The molecule has 1 aliphatic heterocycles. The minimum Gasteiger partial charge on any atom is -0.372 e. The molecule has 0 spiro atoms. The summed E-state index contributed by atoms with van der Waals surface area (Å²) in [6.45, 7) is 5.55. The van der Waals surface area contributed by atoms with E-state index in [4.69, 9.17) is 4.74 Å². The zero-order valence-electron chi connectivity index (χ0n) is 19.2. The molecule has 35 heavy (non-hydrogen) atoms. The molecule has 3 aromatic rings. The number of hydrogen-bond donors (Lipinski definition) is 1. The number of halogens is 3. The van der Waals surface area contributed by atoms with E-state index in [-0.39, 0.29) is 30.1 Å². The molecule has 1 amide bonds. The standard InChI is InChI=1S/C21H25F3N8O3/c1-13(32-16-11-27-28-19(34)18(16)14(2)29-32)3-8-35-12-17(33)30-4-6-31(7-5-30)20-25-9-15(10-26-20)21(22,23)24/h9-11,13H,3-8,12H2,1-2H3,(H,28,34). The zero-order valence-corrected chi connectivity index (χ0v) is 19.2. The highest BCUT2D eigenvalue weighted by Gasteiger charge is 2.32. The van der Waals surface area contributed by atoms with Crippen molar-refractivity contribution in [1.82, 2.24) is 34.8 Å². The molecule has 1 saturated heterocycles. The van der Waals surface area contributed by atoms with Gasteiger partial charge in [0, 0.05) is 45.2 Å². The second kappa shape index (κ2) is 9.98. The van der Waals surface area contributed by atoms with Gasteiger partial charge in [0.25, 0.3) is 5.56 Å². The number of H-pyrrole nitrogens is 1. The second-order valence-corrected chi connectivity index (χ2v) is 8.32. The molecular weight excluding hydrogens is 469 g/mol. The highest BCUT2D eigenvalue weighted by atomic mass is 19.4. The molecule has 1 unspecified atom stereocenters. The number of fused-ring (bicyclic) bond motifs is 1. The van der Waals surface area contributed by atoms with E-state index in [0.29, 0.717) is 55.8 Å². The molecular formula is C21H25F3N8O3. The summed E-state index contributed by atoms with van der Waals surface area (Å²) in [7, 11) is 0. The van der Waals surface area contributed by atoms with Gasteiger partial charge in [-0.1, -0.05) is 0 Å². The van der Waals surface area contributed by atoms with Crippen LogP contribution in [0.25, 0.3) is 10.9 Å². The van der Waals surface area contributed by atoms with Crippen LogP contribution in [-0.4, -0.2) is 80.1 Å². The SMILES string of the molecule is Cc1nn(C(C)CCOCC(=O)N2CCN(c3ncc(C(F)(F)F)cn3)CC2)c2cn[nH]c(=O)c12. The van der Waals surface area contributed by atoms with Crippen LogP contribution in [0.5, 0.6) is 0 Å². The lowest BCUT2D eigenvalue weighted by Gasteiger charge is -2.34. The van der Waals surface area contributed by atoms with Gasteiger partial charge < -0.3 is 14.5 Å². The number of aromatic amines is 1. The second-order valence-electron chi connectivity index (χ2n) is 8.32. The van der Waals surface area contributed by atoms with E-state index < -0.39 is 11.7 Å². The van der Waals surface area contributed by atoms with Gasteiger partial charge in [-0.15, -0.1) is 0 Å². The number of piperazine rings is 1. The maximum atomic E-state index is 12.7. The first-order valence-corrected chi connectivity index (χ1v) is 11.1. The Morgan fingerprint density at radius 1 is 1.17 bits per heavy atom. The third-order valence-electron chi connectivity index (χ3n) is 5.91. The van der Waals surface area contributed by atoms with Crippen molar-refractivity contribution in [3.8, 4) is 0 Å². The molecule has 1 aliphatic rings. The van der Waals surface area contributed by atoms with E-state index in [1.807, 2.05) is 6.92 Å². The van der Waals surface area contributed by atoms with Gasteiger partial charge in [-0.25, -0.2) is 15.1 Å². The number of carbonyl (C=O) groups excluding carboxylic acids is 1. The summed E-state index contributed by atoms with van der Waals surface area (Å²) in [6.07, 6.45) is -0.821. The summed E-state index contributed by atoms with van der Waals surface area (Å²) in [6, 6.07) is -0.0721. The van der Waals surface area contributed by atoms with E-state index in [1.165, 1.54) is 0 Å². The lowest BCUT2D eigenvalue weighted by Crippen LogP contribution is -2.50. The van der Waals surface area contributed by atoms with E-state index in [9.17, 15) is 22.8 Å². The topological polar surface area (TPSA) is 122 Å². The number of nitrogens with zero attached hydrogens (tertiary/aromatic N) is 7. The summed E-state index contributed by atoms with van der Waals surface area (Å²) in [5.74, 6) is 0.0377. The third kappa shape index (κ3) is 5.42. The van der Waals surface area contributed by atoms with Crippen molar-refractivity contribution < 1.29 is 22.7 Å².